The zero-order chi connectivity index (χ0) is 73.6. The van der Waals surface area contributed by atoms with Crippen molar-refractivity contribution in [3.05, 3.63) is 181 Å². The molecule has 8 aliphatic rings. The van der Waals surface area contributed by atoms with Crippen molar-refractivity contribution in [3.8, 4) is 0 Å². The Morgan fingerprint density at radius 1 is 0.336 bits per heavy atom. The average Bonchev–Trinajstić information content (AvgIpc) is 1.53. The van der Waals surface area contributed by atoms with Gasteiger partial charge in [0.15, 0.2) is 23.3 Å². The van der Waals surface area contributed by atoms with Gasteiger partial charge in [0, 0.05) is 56.6 Å². The van der Waals surface area contributed by atoms with Crippen LogP contribution in [-0.2, 0) is 18.4 Å². The van der Waals surface area contributed by atoms with Crippen LogP contribution in [0, 0.1) is 0 Å². The van der Waals surface area contributed by atoms with E-state index in [1.54, 1.807) is 0 Å². The number of carbonyl (C=O) groups is 2. The summed E-state index contributed by atoms with van der Waals surface area (Å²) in [5, 5.41) is 2.81. The summed E-state index contributed by atoms with van der Waals surface area (Å²) < 4.78 is 35.6. The third-order valence-electron chi connectivity index (χ3n) is 18.1. The molecule has 14 rings (SSSR count). The Labute approximate surface area is 699 Å². The van der Waals surface area contributed by atoms with Gasteiger partial charge < -0.3 is 8.85 Å². The lowest BCUT2D eigenvalue weighted by molar-refractivity contribution is -0.142. The first-order valence-electron chi connectivity index (χ1n) is 37.0. The molecule has 107 heavy (non-hydrogen) atoms. The van der Waals surface area contributed by atoms with E-state index in [4.69, 9.17) is 38.8 Å². The summed E-state index contributed by atoms with van der Waals surface area (Å²) in [6.45, 7) is 9.13. The van der Waals surface area contributed by atoms with E-state index in [2.05, 4.69) is 87.3 Å². The monoisotopic (exact) mass is 1740 g/mol. The molecule has 29 heteroatoms. The molecular formula is C78H86N8O4S16Si. The smallest absolute Gasteiger partial charge is 0.452 e. The van der Waals surface area contributed by atoms with E-state index in [1.165, 1.54) is 151 Å². The lowest BCUT2D eigenvalue weighted by Crippen LogP contribution is -2.65. The minimum atomic E-state index is -5.08. The Hall–Kier alpha value is -2.56. The summed E-state index contributed by atoms with van der Waals surface area (Å²) in [4.78, 5) is 64.3. The molecule has 0 saturated heterocycles. The fourth-order valence-electron chi connectivity index (χ4n) is 12.7. The van der Waals surface area contributed by atoms with Crippen molar-refractivity contribution in [2.24, 2.45) is 30.0 Å². The van der Waals surface area contributed by atoms with Gasteiger partial charge in [-0.15, -0.1) is 94.1 Å². The maximum Gasteiger partial charge on any atom is 0.742 e. The lowest BCUT2D eigenvalue weighted by Gasteiger charge is -2.32. The number of rotatable bonds is 38. The van der Waals surface area contributed by atoms with Crippen molar-refractivity contribution < 1.29 is 18.4 Å². The minimum Gasteiger partial charge on any atom is -0.452 e. The molecule has 12 nitrogen and oxygen atoms in total. The second kappa shape index (κ2) is 39.7. The maximum absolute atomic E-state index is 15.8. The third-order valence-corrected chi connectivity index (χ3v) is 44.4. The maximum atomic E-state index is 15.8. The molecule has 10 heterocycles. The van der Waals surface area contributed by atoms with Gasteiger partial charge in [0.1, 0.15) is 22.6 Å². The van der Waals surface area contributed by atoms with Crippen LogP contribution in [0.2, 0.25) is 0 Å². The number of fused-ring (bicyclic) bond motifs is 14. The summed E-state index contributed by atoms with van der Waals surface area (Å²) in [5.41, 5.74) is 3.90. The first kappa shape index (κ1) is 81.0. The molecule has 0 atom stereocenters. The number of carbonyl (C=O) groups excluding carboxylic acids is 2. The number of hydrogen-bond acceptors (Lipinski definition) is 26. The molecule has 0 fully saturated rings. The lowest BCUT2D eigenvalue weighted by atomic mass is 10.1. The highest BCUT2D eigenvalue weighted by atomic mass is 32.3. The van der Waals surface area contributed by atoms with Crippen molar-refractivity contribution in [2.75, 3.05) is 47.0 Å². The first-order valence-corrected chi connectivity index (χ1v) is 53.6. The summed E-state index contributed by atoms with van der Waals surface area (Å²) in [6.07, 6.45) is 24.1. The highest BCUT2D eigenvalue weighted by Gasteiger charge is 2.59. The summed E-state index contributed by atoms with van der Waals surface area (Å²) in [5.74, 6) is 7.92. The number of nitrogens with zero attached hydrogens (tertiary/aromatic N) is 8. The van der Waals surface area contributed by atoms with Gasteiger partial charge >= 0.3 is 8.88 Å². The predicted molar refractivity (Wildman–Crippen MR) is 493 cm³/mol. The van der Waals surface area contributed by atoms with Gasteiger partial charge in [-0.05, 0) is 98.4 Å². The largest absolute Gasteiger partial charge is 0.742 e. The highest BCUT2D eigenvalue weighted by molar-refractivity contribution is 8.46. The Morgan fingerprint density at radius 3 is 0.935 bits per heavy atom. The van der Waals surface area contributed by atoms with Gasteiger partial charge in [0.2, 0.25) is 0 Å². The van der Waals surface area contributed by atoms with Crippen LogP contribution in [0.15, 0.2) is 178 Å². The molecule has 0 N–H and O–H groups in total. The minimum absolute atomic E-state index is 0.0644. The Bertz CT molecular complexity index is 4520. The van der Waals surface area contributed by atoms with Gasteiger partial charge in [-0.25, -0.2) is 30.0 Å². The molecule has 6 aromatic rings. The molecule has 0 amide bonds. The van der Waals surface area contributed by atoms with Crippen LogP contribution < -0.4 is 11.0 Å². The van der Waals surface area contributed by atoms with Gasteiger partial charge in [-0.1, -0.05) is 283 Å². The number of benzene rings is 4. The average molecular weight is 1740 g/mol. The van der Waals surface area contributed by atoms with Gasteiger partial charge in [-0.3, -0.25) is 18.1 Å². The quantitative estimate of drug-likeness (QED) is 0.0268. The molecule has 0 radical (unpaired) electrons. The van der Waals surface area contributed by atoms with Crippen LogP contribution in [0.25, 0.3) is 21.5 Å². The van der Waals surface area contributed by atoms with E-state index < -0.39 is 20.8 Å². The molecule has 2 aromatic heterocycles. The normalized spacial score (nSPS) is 17.0. The number of thioether (sulfide) groups is 16. The summed E-state index contributed by atoms with van der Waals surface area (Å²) in [7, 11) is -5.08. The SMILES string of the molecule is CCCCCSC1=C(SCCCCC)SC(=C2SC(SC)=C(SCCCCCC(=O)O[Si]3(OC(=O)CCCCCSC4=C(SC)SC(=C5SC(SCCCCC)=C(SCCCCC)S5)S4)n4c5c6ccccc6c4N=C4N=C(N=c6c7ccccc7c(n63)=NC3=NC(=N5)c5ccccc53)c3ccccc34)S2)S1. The molecule has 0 spiro atoms. The number of unbranched alkanes of at least 4 members (excludes halogenated alkanes) is 12. The molecule has 0 aliphatic carbocycles. The topological polar surface area (TPSA) is 137 Å². The van der Waals surface area contributed by atoms with Crippen LogP contribution in [0.3, 0.4) is 0 Å². The van der Waals surface area contributed by atoms with Crippen LogP contribution in [0.5, 0.6) is 0 Å². The van der Waals surface area contributed by atoms with E-state index in [9.17, 15) is 0 Å². The van der Waals surface area contributed by atoms with E-state index in [-0.39, 0.29) is 12.8 Å². The van der Waals surface area contributed by atoms with E-state index in [0.717, 1.165) is 59.4 Å². The third kappa shape index (κ3) is 18.9. The van der Waals surface area contributed by atoms with Crippen LogP contribution in [0.4, 0.5) is 11.6 Å². The molecule has 562 valence electrons. The molecule has 8 aliphatic heterocycles. The van der Waals surface area contributed by atoms with Crippen molar-refractivity contribution >= 4 is 266 Å². The van der Waals surface area contributed by atoms with Crippen molar-refractivity contribution in [1.82, 2.24) is 8.47 Å². The summed E-state index contributed by atoms with van der Waals surface area (Å²) in [6, 6.07) is 31.8. The Kier molecular flexibility index (Phi) is 30.0. The molecule has 6 bridgehead atoms. The predicted octanol–water partition coefficient (Wildman–Crippen LogP) is 26.1. The zero-order valence-electron chi connectivity index (χ0n) is 60.9. The Balaban J connectivity index is 0.746. The van der Waals surface area contributed by atoms with Gasteiger partial charge in [-0.2, -0.15) is 0 Å². The van der Waals surface area contributed by atoms with E-state index in [1.807, 2.05) is 247 Å². The standard InChI is InChI=1S/C78H86N8O4S16Si/c1-7-11-27-43-95-71-72(96-44-28-12-8-2)104-77(103-71)75-99-67(91-5)69(101-75)93-47-31-15-17-41-57(87)89-107(90-58(88)42-18-16-32-48-94-70-68(92-6)100-76(102-70)78-105-73(97-45-29-13-9-3)74(106-78)98-46-30-14-10-4)85-63-53-37-23-24-38-54(53)65(85)83-61-51-35-21-22-36-52(51)62(80-61)84-66-56-40-26-25-39-55(56)64(86(66)107)82-60-50-34-20-19-33-49(50)59(79-60)81-63/h19-26,33-40H,7-18,27-32,41-48H2,1-6H3. The van der Waals surface area contributed by atoms with Crippen molar-refractivity contribution in [1.29, 1.82) is 0 Å². The number of aromatic nitrogens is 2. The van der Waals surface area contributed by atoms with E-state index in [0.29, 0.717) is 80.3 Å². The second-order valence-corrected chi connectivity index (χ2v) is 47.8. The van der Waals surface area contributed by atoms with Gasteiger partial charge in [0.05, 0.1) is 50.8 Å². The van der Waals surface area contributed by atoms with Crippen LogP contribution >= 0.6 is 188 Å². The molecular weight excluding hydrogens is 1650 g/mol. The van der Waals surface area contributed by atoms with Crippen LogP contribution in [-0.4, -0.2) is 99.7 Å². The zero-order valence-corrected chi connectivity index (χ0v) is 74.9. The number of amidine groups is 4. The number of aliphatic imine (C=N–C) groups is 4. The van der Waals surface area contributed by atoms with Crippen molar-refractivity contribution in [2.45, 2.75) is 156 Å². The first-order chi connectivity index (χ1) is 52.6. The molecule has 4 aromatic carbocycles. The fraction of sp³-hybridized carbons (Fsp3) is 0.410. The number of hydrogen-bond donors (Lipinski definition) is 0. The highest BCUT2D eigenvalue weighted by Crippen LogP contribution is 2.68. The van der Waals surface area contributed by atoms with Crippen molar-refractivity contribution in [3.63, 3.8) is 0 Å². The molecule has 0 unspecified atom stereocenters. The van der Waals surface area contributed by atoms with E-state index >= 15 is 9.59 Å². The Morgan fingerprint density at radius 2 is 0.617 bits per heavy atom. The van der Waals surface area contributed by atoms with Gasteiger partial charge in [0.25, 0.3) is 11.9 Å². The summed E-state index contributed by atoms with van der Waals surface area (Å²) >= 11 is 31.5. The molecule has 0 saturated carbocycles. The second-order valence-electron chi connectivity index (χ2n) is 25.8. The fourth-order valence-corrected chi connectivity index (χ4v) is 39.4. The van der Waals surface area contributed by atoms with Crippen LogP contribution in [0.1, 0.15) is 178 Å².